The summed E-state index contributed by atoms with van der Waals surface area (Å²) in [5.74, 6) is 3.12. The molecule has 5 nitrogen and oxygen atoms in total. The highest BCUT2D eigenvalue weighted by Crippen LogP contribution is 2.76. The van der Waals surface area contributed by atoms with Crippen molar-refractivity contribution in [1.82, 2.24) is 4.90 Å². The number of nitrogens with zero attached hydrogens (tertiary/aromatic N) is 1. The van der Waals surface area contributed by atoms with Crippen molar-refractivity contribution in [1.29, 1.82) is 0 Å². The van der Waals surface area contributed by atoms with Crippen molar-refractivity contribution >= 4 is 0 Å². The van der Waals surface area contributed by atoms with Gasteiger partial charge < -0.3 is 18.9 Å². The van der Waals surface area contributed by atoms with Gasteiger partial charge in [-0.15, -0.1) is 0 Å². The number of ether oxygens (including phenoxy) is 4. The normalized spacial score (nSPS) is 38.8. The third-order valence-electron chi connectivity index (χ3n) is 11.4. The maximum Gasteiger partial charge on any atom is 0.165 e. The molecule has 37 heavy (non-hydrogen) atoms. The summed E-state index contributed by atoms with van der Waals surface area (Å²) in [7, 11) is 3.70. The molecular weight excluding hydrogens is 462 g/mol. The summed E-state index contributed by atoms with van der Waals surface area (Å²) in [6, 6.07) is 15.6. The van der Waals surface area contributed by atoms with Crippen LogP contribution in [0.15, 0.2) is 42.5 Å². The summed E-state index contributed by atoms with van der Waals surface area (Å²) < 4.78 is 26.1. The first-order valence-corrected chi connectivity index (χ1v) is 14.4. The SMILES string of the molecule is COc1ccc2c3c1O[C@H]1[C@@]4(OC)CC[C@@]5(C[C@H]4COCc4ccccc4)[C@@H](C2)N(CC2CC2)CC[C@]315. The molecule has 9 rings (SSSR count). The minimum absolute atomic E-state index is 0.0133. The lowest BCUT2D eigenvalue weighted by atomic mass is 9.35. The van der Waals surface area contributed by atoms with Crippen LogP contribution in [0.3, 0.4) is 0 Å². The molecule has 2 aromatic carbocycles. The molecule has 5 aliphatic carbocycles. The van der Waals surface area contributed by atoms with Crippen molar-refractivity contribution in [2.75, 3.05) is 33.9 Å². The lowest BCUT2D eigenvalue weighted by molar-refractivity contribution is -0.283. The number of hydrogen-bond donors (Lipinski definition) is 0. The fourth-order valence-corrected chi connectivity index (χ4v) is 9.79. The smallest absolute Gasteiger partial charge is 0.165 e. The van der Waals surface area contributed by atoms with Crippen molar-refractivity contribution < 1.29 is 18.9 Å². The Bertz CT molecular complexity index is 1210. The number of hydrogen-bond acceptors (Lipinski definition) is 5. The second-order valence-electron chi connectivity index (χ2n) is 12.7. The quantitative estimate of drug-likeness (QED) is 0.501. The van der Waals surface area contributed by atoms with Crippen LogP contribution in [0, 0.1) is 17.3 Å². The van der Waals surface area contributed by atoms with Crippen molar-refractivity contribution in [3.05, 3.63) is 59.2 Å². The average molecular weight is 502 g/mol. The minimum atomic E-state index is -0.333. The highest BCUT2D eigenvalue weighted by molar-refractivity contribution is 5.63. The Morgan fingerprint density at radius 3 is 2.68 bits per heavy atom. The van der Waals surface area contributed by atoms with Gasteiger partial charge in [-0.1, -0.05) is 36.4 Å². The Labute approximate surface area is 220 Å². The fraction of sp³-hybridized carbons (Fsp3) is 0.625. The van der Waals surface area contributed by atoms with E-state index in [-0.39, 0.29) is 22.5 Å². The topological polar surface area (TPSA) is 40.2 Å². The Morgan fingerprint density at radius 2 is 1.89 bits per heavy atom. The minimum Gasteiger partial charge on any atom is -0.493 e. The highest BCUT2D eigenvalue weighted by atomic mass is 16.6. The zero-order valence-corrected chi connectivity index (χ0v) is 22.2. The molecule has 0 amide bonds. The third-order valence-corrected chi connectivity index (χ3v) is 11.4. The van der Waals surface area contributed by atoms with Gasteiger partial charge in [0.15, 0.2) is 11.5 Å². The number of fused-ring (bicyclic) bond motifs is 2. The van der Waals surface area contributed by atoms with Gasteiger partial charge in [0.1, 0.15) is 11.7 Å². The number of piperidine rings is 1. The van der Waals surface area contributed by atoms with E-state index in [2.05, 4.69) is 47.4 Å². The average Bonchev–Trinajstić information content (AvgIpc) is 3.68. The number of methoxy groups -OCH3 is 2. The highest BCUT2D eigenvalue weighted by Gasteiger charge is 2.80. The van der Waals surface area contributed by atoms with Crippen molar-refractivity contribution in [2.24, 2.45) is 17.3 Å². The molecule has 7 aliphatic rings. The first-order valence-electron chi connectivity index (χ1n) is 14.4. The van der Waals surface area contributed by atoms with E-state index < -0.39 is 0 Å². The largest absolute Gasteiger partial charge is 0.493 e. The van der Waals surface area contributed by atoms with Crippen LogP contribution in [0.25, 0.3) is 0 Å². The van der Waals surface area contributed by atoms with Crippen molar-refractivity contribution in [3.63, 3.8) is 0 Å². The van der Waals surface area contributed by atoms with Crippen LogP contribution in [0.1, 0.15) is 55.2 Å². The van der Waals surface area contributed by atoms with Crippen LogP contribution in [-0.2, 0) is 27.9 Å². The Morgan fingerprint density at radius 1 is 1.03 bits per heavy atom. The molecule has 1 saturated heterocycles. The summed E-state index contributed by atoms with van der Waals surface area (Å²) in [6.07, 6.45) is 8.57. The molecule has 5 heteroatoms. The molecule has 2 heterocycles. The van der Waals surface area contributed by atoms with Gasteiger partial charge in [-0.2, -0.15) is 0 Å². The van der Waals surface area contributed by atoms with Gasteiger partial charge in [-0.05, 0) is 74.6 Å². The maximum absolute atomic E-state index is 7.12. The van der Waals surface area contributed by atoms with Crippen molar-refractivity contribution in [3.8, 4) is 11.5 Å². The Kier molecular flexibility index (Phi) is 4.92. The molecule has 5 fully saturated rings. The lowest BCUT2D eigenvalue weighted by Gasteiger charge is -2.74. The van der Waals surface area contributed by atoms with Crippen molar-refractivity contribution in [2.45, 2.75) is 74.7 Å². The summed E-state index contributed by atoms with van der Waals surface area (Å²) in [4.78, 5) is 2.90. The third kappa shape index (κ3) is 2.86. The molecule has 0 unspecified atom stereocenters. The summed E-state index contributed by atoms with van der Waals surface area (Å²) in [5.41, 5.74) is 4.08. The number of benzene rings is 2. The molecule has 2 aliphatic heterocycles. The van der Waals surface area contributed by atoms with Crippen LogP contribution < -0.4 is 9.47 Å². The molecule has 4 saturated carbocycles. The summed E-state index contributed by atoms with van der Waals surface area (Å²) in [6.45, 7) is 3.82. The van der Waals surface area contributed by atoms with E-state index in [0.29, 0.717) is 18.6 Å². The molecule has 196 valence electrons. The monoisotopic (exact) mass is 501 g/mol. The van der Waals surface area contributed by atoms with Gasteiger partial charge in [-0.25, -0.2) is 0 Å². The van der Waals surface area contributed by atoms with Gasteiger partial charge in [0.25, 0.3) is 0 Å². The second kappa shape index (κ2) is 7.97. The van der Waals surface area contributed by atoms with Gasteiger partial charge in [0.2, 0.25) is 0 Å². The van der Waals surface area contributed by atoms with E-state index >= 15 is 0 Å². The Hall–Kier alpha value is -2.08. The first kappa shape index (κ1) is 22.9. The van der Waals surface area contributed by atoms with Crippen LogP contribution >= 0.6 is 0 Å². The molecule has 2 aromatic rings. The van der Waals surface area contributed by atoms with Crippen LogP contribution in [0.4, 0.5) is 0 Å². The van der Waals surface area contributed by atoms with Crippen LogP contribution in [0.2, 0.25) is 0 Å². The van der Waals surface area contributed by atoms with E-state index in [1.165, 1.54) is 49.0 Å². The van der Waals surface area contributed by atoms with Crippen LogP contribution in [0.5, 0.6) is 11.5 Å². The Balaban J connectivity index is 1.22. The molecule has 0 radical (unpaired) electrons. The molecule has 2 spiro atoms. The molecule has 4 bridgehead atoms. The van der Waals surface area contributed by atoms with E-state index in [1.807, 2.05) is 7.11 Å². The summed E-state index contributed by atoms with van der Waals surface area (Å²) >= 11 is 0. The van der Waals surface area contributed by atoms with Gasteiger partial charge in [0, 0.05) is 42.0 Å². The first-order chi connectivity index (χ1) is 18.1. The van der Waals surface area contributed by atoms with Gasteiger partial charge >= 0.3 is 0 Å². The predicted molar refractivity (Wildman–Crippen MR) is 141 cm³/mol. The molecule has 0 aromatic heterocycles. The van der Waals surface area contributed by atoms with E-state index in [9.17, 15) is 0 Å². The lowest BCUT2D eigenvalue weighted by Crippen LogP contribution is -2.81. The number of likely N-dealkylation sites (tertiary alicyclic amines) is 1. The van der Waals surface area contributed by atoms with E-state index in [4.69, 9.17) is 18.9 Å². The zero-order valence-electron chi connectivity index (χ0n) is 22.2. The van der Waals surface area contributed by atoms with Gasteiger partial charge in [-0.3, -0.25) is 4.90 Å². The number of rotatable bonds is 8. The van der Waals surface area contributed by atoms with E-state index in [0.717, 1.165) is 49.7 Å². The second-order valence-corrected chi connectivity index (χ2v) is 12.7. The van der Waals surface area contributed by atoms with Gasteiger partial charge in [0.05, 0.1) is 20.3 Å². The van der Waals surface area contributed by atoms with Crippen LogP contribution in [-0.4, -0.2) is 56.6 Å². The molecule has 6 atom stereocenters. The standard InChI is InChI=1S/C32H39NO4/c1-34-25-11-10-23-16-26-30-12-13-32(35-2,24(17-30)20-36-19-22-6-4-3-5-7-22)29-31(30,27(23)28(25)37-29)14-15-33(26)18-21-8-9-21/h3-7,10-11,21,24,26,29H,8-9,12-20H2,1-2H3/t24-,26+,29+,30+,31-,32+/m0/s1. The molecular formula is C32H39NO4. The zero-order chi connectivity index (χ0) is 24.8. The molecule has 0 N–H and O–H groups in total. The predicted octanol–water partition coefficient (Wildman–Crippen LogP) is 5.14. The maximum atomic E-state index is 7.12. The fourth-order valence-electron chi connectivity index (χ4n) is 9.79. The van der Waals surface area contributed by atoms with E-state index in [1.54, 1.807) is 7.11 Å². The summed E-state index contributed by atoms with van der Waals surface area (Å²) in [5, 5.41) is 0.